The van der Waals surface area contributed by atoms with Crippen LogP contribution in [-0.4, -0.2) is 34.9 Å². The molecule has 2 aliphatic heterocycles. The molecule has 5 nitrogen and oxygen atoms in total. The zero-order chi connectivity index (χ0) is 24.3. The number of rotatable bonds is 7. The minimum Gasteiger partial charge on any atom is -0.354 e. The van der Waals surface area contributed by atoms with Crippen molar-refractivity contribution in [2.45, 2.75) is 46.1 Å². The maximum atomic E-state index is 14.5. The number of nitrogens with zero attached hydrogens (tertiary/aromatic N) is 2. The molecule has 0 aromatic heterocycles. The first-order chi connectivity index (χ1) is 16.2. The summed E-state index contributed by atoms with van der Waals surface area (Å²) in [5, 5.41) is 2.91. The van der Waals surface area contributed by atoms with Crippen molar-refractivity contribution in [1.82, 2.24) is 10.2 Å². The molecule has 4 rings (SSSR count). The predicted octanol–water partition coefficient (Wildman–Crippen LogP) is 4.60. The maximum absolute atomic E-state index is 14.5. The monoisotopic (exact) mass is 459 g/mol. The molecule has 1 N–H and O–H groups in total. The number of allylic oxidation sites excluding steroid dienone is 2. The van der Waals surface area contributed by atoms with Crippen molar-refractivity contribution in [3.63, 3.8) is 0 Å². The molecule has 2 aromatic rings. The minimum absolute atomic E-state index is 0.254. The lowest BCUT2D eigenvalue weighted by Gasteiger charge is -2.34. The van der Waals surface area contributed by atoms with E-state index >= 15 is 0 Å². The Labute approximate surface area is 200 Å². The molecule has 0 saturated carbocycles. The van der Waals surface area contributed by atoms with Crippen molar-refractivity contribution in [3.8, 4) is 0 Å². The van der Waals surface area contributed by atoms with Crippen molar-refractivity contribution in [2.24, 2.45) is 10.4 Å². The highest BCUT2D eigenvalue weighted by Crippen LogP contribution is 2.34. The summed E-state index contributed by atoms with van der Waals surface area (Å²) >= 11 is 0. The summed E-state index contributed by atoms with van der Waals surface area (Å²) in [6, 6.07) is 15.6. The van der Waals surface area contributed by atoms with Gasteiger partial charge in [-0.3, -0.25) is 9.59 Å². The minimum atomic E-state index is -1.03. The molecule has 176 valence electrons. The van der Waals surface area contributed by atoms with Crippen LogP contribution in [0, 0.1) is 11.2 Å². The smallest absolute Gasteiger partial charge is 0.251 e. The summed E-state index contributed by atoms with van der Waals surface area (Å²) in [6.45, 7) is 6.57. The second kappa shape index (κ2) is 9.75. The highest BCUT2D eigenvalue weighted by molar-refractivity contribution is 6.14. The van der Waals surface area contributed by atoms with Crippen molar-refractivity contribution >= 4 is 17.4 Å². The van der Waals surface area contributed by atoms with Gasteiger partial charge in [-0.05, 0) is 36.1 Å². The van der Waals surface area contributed by atoms with E-state index in [1.807, 2.05) is 45.0 Å². The molecule has 1 unspecified atom stereocenters. The molecular formula is C28H30FN3O2. The van der Waals surface area contributed by atoms with Gasteiger partial charge in [-0.2, -0.15) is 0 Å². The van der Waals surface area contributed by atoms with Gasteiger partial charge in [0.2, 0.25) is 0 Å². The Hall–Kier alpha value is -3.54. The molecule has 0 fully saturated rings. The van der Waals surface area contributed by atoms with E-state index in [0.29, 0.717) is 23.6 Å². The van der Waals surface area contributed by atoms with Crippen LogP contribution in [0.3, 0.4) is 0 Å². The molecule has 2 heterocycles. The number of fused-ring (bicyclic) bond motifs is 1. The number of aryl methyl sites for hydroxylation is 1. The van der Waals surface area contributed by atoms with E-state index in [0.717, 1.165) is 18.6 Å². The van der Waals surface area contributed by atoms with Gasteiger partial charge in [0, 0.05) is 35.9 Å². The number of amides is 1. The third-order valence-electron chi connectivity index (χ3n) is 6.02. The normalized spacial score (nSPS) is 17.6. The Bertz CT molecular complexity index is 1180. The first-order valence-corrected chi connectivity index (χ1v) is 11.6. The number of aliphatic imine (C=N–C) groups is 1. The fourth-order valence-electron chi connectivity index (χ4n) is 4.17. The molecule has 0 radical (unpaired) electrons. The van der Waals surface area contributed by atoms with E-state index in [1.165, 1.54) is 17.7 Å². The first kappa shape index (κ1) is 23.6. The quantitative estimate of drug-likeness (QED) is 0.486. The Morgan fingerprint density at radius 3 is 2.47 bits per heavy atom. The topological polar surface area (TPSA) is 61.8 Å². The van der Waals surface area contributed by atoms with Gasteiger partial charge >= 0.3 is 0 Å². The van der Waals surface area contributed by atoms with Crippen LogP contribution in [0.15, 0.2) is 83.3 Å². The van der Waals surface area contributed by atoms with Gasteiger partial charge in [0.15, 0.2) is 11.8 Å². The van der Waals surface area contributed by atoms with E-state index in [9.17, 15) is 14.0 Å². The standard InChI is InChI=1S/C28H30FN3O2/c1-28(2,3)24-17-21(16-20-13-7-8-14-22(20)29)32-25(31-24)18-23(33)26(32)27(34)30-15-9-12-19-10-5-4-6-11-19/h4-8,10-11,13-14,17-18,26H,9,12,15-16H2,1-3H3,(H,30,34). The van der Waals surface area contributed by atoms with Crippen molar-refractivity contribution in [3.05, 3.63) is 95.2 Å². The van der Waals surface area contributed by atoms with Crippen LogP contribution in [0.1, 0.15) is 38.3 Å². The summed E-state index contributed by atoms with van der Waals surface area (Å²) < 4.78 is 14.5. The number of ketones is 1. The molecule has 6 heteroatoms. The zero-order valence-electron chi connectivity index (χ0n) is 19.8. The maximum Gasteiger partial charge on any atom is 0.251 e. The van der Waals surface area contributed by atoms with Gasteiger partial charge in [0.05, 0.1) is 0 Å². The number of carbonyl (C=O) groups is 2. The van der Waals surface area contributed by atoms with Gasteiger partial charge in [-0.1, -0.05) is 69.3 Å². The van der Waals surface area contributed by atoms with Gasteiger partial charge in [-0.15, -0.1) is 0 Å². The van der Waals surface area contributed by atoms with E-state index < -0.39 is 6.04 Å². The number of hydrogen-bond donors (Lipinski definition) is 1. The van der Waals surface area contributed by atoms with Gasteiger partial charge in [0.25, 0.3) is 5.91 Å². The number of benzene rings is 2. The van der Waals surface area contributed by atoms with Crippen LogP contribution in [0.5, 0.6) is 0 Å². The Balaban J connectivity index is 1.53. The summed E-state index contributed by atoms with van der Waals surface area (Å²) in [5.41, 5.74) is 2.91. The molecule has 0 saturated heterocycles. The molecule has 1 atom stereocenters. The van der Waals surface area contributed by atoms with Crippen molar-refractivity contribution in [2.75, 3.05) is 6.54 Å². The molecule has 0 aliphatic carbocycles. The van der Waals surface area contributed by atoms with Gasteiger partial charge < -0.3 is 10.2 Å². The number of hydrogen-bond acceptors (Lipinski definition) is 4. The largest absolute Gasteiger partial charge is 0.354 e. The first-order valence-electron chi connectivity index (χ1n) is 11.6. The van der Waals surface area contributed by atoms with Crippen LogP contribution < -0.4 is 5.32 Å². The van der Waals surface area contributed by atoms with Crippen LogP contribution in [-0.2, 0) is 22.4 Å². The lowest BCUT2D eigenvalue weighted by Crippen LogP contribution is -2.48. The highest BCUT2D eigenvalue weighted by Gasteiger charge is 2.42. The summed E-state index contributed by atoms with van der Waals surface area (Å²) in [4.78, 5) is 32.4. The summed E-state index contributed by atoms with van der Waals surface area (Å²) in [7, 11) is 0. The average Bonchev–Trinajstić information content (AvgIpc) is 3.14. The molecule has 2 aliphatic rings. The van der Waals surface area contributed by atoms with Crippen LogP contribution >= 0.6 is 0 Å². The molecule has 0 spiro atoms. The lowest BCUT2D eigenvalue weighted by atomic mass is 9.88. The fourth-order valence-corrected chi connectivity index (χ4v) is 4.17. The Morgan fingerprint density at radius 2 is 1.76 bits per heavy atom. The number of nitrogens with one attached hydrogen (secondary N) is 1. The molecule has 1 amide bonds. The van der Waals surface area contributed by atoms with Gasteiger partial charge in [-0.25, -0.2) is 9.38 Å². The van der Waals surface area contributed by atoms with E-state index in [4.69, 9.17) is 0 Å². The van der Waals surface area contributed by atoms with Crippen LogP contribution in [0.4, 0.5) is 4.39 Å². The third kappa shape index (κ3) is 5.16. The SMILES string of the molecule is CC(C)(C)C1=NC2=CC(=O)C(C(=O)NCCCc3ccccc3)N2C(Cc2ccccc2F)=C1. The Morgan fingerprint density at radius 1 is 1.06 bits per heavy atom. The lowest BCUT2D eigenvalue weighted by molar-refractivity contribution is -0.131. The summed E-state index contributed by atoms with van der Waals surface area (Å²) in [6.07, 6.45) is 5.17. The van der Waals surface area contributed by atoms with E-state index in [1.54, 1.807) is 23.1 Å². The number of carbonyl (C=O) groups excluding carboxylic acids is 2. The third-order valence-corrected chi connectivity index (χ3v) is 6.02. The van der Waals surface area contributed by atoms with Crippen LogP contribution in [0.2, 0.25) is 0 Å². The van der Waals surface area contributed by atoms with Crippen molar-refractivity contribution < 1.29 is 14.0 Å². The van der Waals surface area contributed by atoms with Gasteiger partial charge in [0.1, 0.15) is 11.6 Å². The summed E-state index contributed by atoms with van der Waals surface area (Å²) in [5.74, 6) is -0.554. The average molecular weight is 460 g/mol. The predicted molar refractivity (Wildman–Crippen MR) is 132 cm³/mol. The second-order valence-corrected chi connectivity index (χ2v) is 9.71. The van der Waals surface area contributed by atoms with E-state index in [2.05, 4.69) is 22.4 Å². The number of halogens is 1. The Kier molecular flexibility index (Phi) is 6.77. The zero-order valence-corrected chi connectivity index (χ0v) is 19.8. The van der Waals surface area contributed by atoms with E-state index in [-0.39, 0.29) is 29.3 Å². The molecular weight excluding hydrogens is 429 g/mol. The fraction of sp³-hybridized carbons (Fsp3) is 0.321. The van der Waals surface area contributed by atoms with Crippen LogP contribution in [0.25, 0.3) is 0 Å². The molecule has 2 aromatic carbocycles. The highest BCUT2D eigenvalue weighted by atomic mass is 19.1. The molecule has 0 bridgehead atoms. The second-order valence-electron chi connectivity index (χ2n) is 9.71. The van der Waals surface area contributed by atoms with Crippen molar-refractivity contribution in [1.29, 1.82) is 0 Å². The molecule has 34 heavy (non-hydrogen) atoms.